The van der Waals surface area contributed by atoms with Crippen LogP contribution in [0.25, 0.3) is 0 Å². The molecule has 1 saturated heterocycles. The number of aryl methyl sites for hydroxylation is 1. The Balaban J connectivity index is 1.66. The fourth-order valence-corrected chi connectivity index (χ4v) is 4.96. The molecule has 0 bridgehead atoms. The first-order valence-electron chi connectivity index (χ1n) is 11.0. The second kappa shape index (κ2) is 7.28. The van der Waals surface area contributed by atoms with Gasteiger partial charge in [0.05, 0.1) is 0 Å². The van der Waals surface area contributed by atoms with E-state index in [9.17, 15) is 4.79 Å². The number of hydrogen-bond donors (Lipinski definition) is 0. The first-order valence-corrected chi connectivity index (χ1v) is 11.0. The van der Waals surface area contributed by atoms with Crippen molar-refractivity contribution in [2.24, 2.45) is 0 Å². The Morgan fingerprint density at radius 2 is 1.69 bits per heavy atom. The zero-order valence-corrected chi connectivity index (χ0v) is 18.6. The number of fused-ring (bicyclic) bond motifs is 2. The number of carbonyl (C=O) groups excluding carboxylic acids is 1. The molecule has 1 spiro atoms. The minimum absolute atomic E-state index is 0.0939. The third-order valence-corrected chi connectivity index (χ3v) is 6.98. The summed E-state index contributed by atoms with van der Waals surface area (Å²) in [6.45, 7) is 15.2. The van der Waals surface area contributed by atoms with Crippen molar-refractivity contribution in [3.05, 3.63) is 64.7 Å². The van der Waals surface area contributed by atoms with Gasteiger partial charge in [0, 0.05) is 23.2 Å². The van der Waals surface area contributed by atoms with Gasteiger partial charge in [-0.15, -0.1) is 0 Å². The predicted molar refractivity (Wildman–Crippen MR) is 121 cm³/mol. The molecule has 0 atom stereocenters. The Hall–Kier alpha value is -2.13. The molecule has 2 aliphatic rings. The van der Waals surface area contributed by atoms with Crippen molar-refractivity contribution >= 4 is 11.6 Å². The summed E-state index contributed by atoms with van der Waals surface area (Å²) in [6.07, 6.45) is 2.26. The van der Waals surface area contributed by atoms with Crippen molar-refractivity contribution in [3.63, 3.8) is 0 Å². The molecule has 0 unspecified atom stereocenters. The maximum atomic E-state index is 13.5. The topological polar surface area (TPSA) is 23.6 Å². The lowest BCUT2D eigenvalue weighted by atomic mass is 9.74. The summed E-state index contributed by atoms with van der Waals surface area (Å²) in [6, 6.07) is 14.8. The number of piperidine rings is 1. The van der Waals surface area contributed by atoms with E-state index >= 15 is 0 Å². The van der Waals surface area contributed by atoms with Gasteiger partial charge in [-0.3, -0.25) is 4.79 Å². The molecule has 154 valence electrons. The van der Waals surface area contributed by atoms with E-state index in [2.05, 4.69) is 69.9 Å². The molecule has 3 nitrogen and oxygen atoms in total. The molecule has 0 saturated carbocycles. The van der Waals surface area contributed by atoms with Gasteiger partial charge in [-0.05, 0) is 74.1 Å². The number of carbonyl (C=O) groups is 1. The van der Waals surface area contributed by atoms with Crippen molar-refractivity contribution in [3.8, 4) is 0 Å². The normalized spacial score (nSPS) is 18.9. The Bertz CT molecular complexity index is 899. The largest absolute Gasteiger partial charge is 0.307 e. The second-order valence-corrected chi connectivity index (χ2v) is 9.95. The molecule has 0 aliphatic carbocycles. The molecule has 1 fully saturated rings. The number of benzene rings is 2. The maximum Gasteiger partial charge on any atom is 0.258 e. The number of nitrogens with zero attached hydrogens (tertiary/aromatic N) is 2. The molecule has 0 aromatic heterocycles. The minimum Gasteiger partial charge on any atom is -0.307 e. The van der Waals surface area contributed by atoms with Crippen LogP contribution in [0.1, 0.15) is 67.6 Å². The standard InChI is InChI=1S/C26H34N2O/c1-6-27-15-13-26(14-16-27)18-28(23-12-7-19(2)17-22(23)26)24(29)20-8-10-21(11-9-20)25(3,4)5/h7-12,17H,6,13-16,18H2,1-5H3. The first kappa shape index (κ1) is 20.2. The lowest BCUT2D eigenvalue weighted by molar-refractivity contribution is 0.0977. The van der Waals surface area contributed by atoms with E-state index in [1.54, 1.807) is 0 Å². The fraction of sp³-hybridized carbons (Fsp3) is 0.500. The molecule has 29 heavy (non-hydrogen) atoms. The molecule has 0 radical (unpaired) electrons. The van der Waals surface area contributed by atoms with Gasteiger partial charge >= 0.3 is 0 Å². The van der Waals surface area contributed by atoms with Crippen molar-refractivity contribution in [2.45, 2.75) is 58.3 Å². The minimum atomic E-state index is 0.0939. The van der Waals surface area contributed by atoms with E-state index in [0.717, 1.165) is 50.3 Å². The van der Waals surface area contributed by atoms with Gasteiger partial charge in [-0.2, -0.15) is 0 Å². The van der Waals surface area contributed by atoms with Crippen molar-refractivity contribution < 1.29 is 4.79 Å². The van der Waals surface area contributed by atoms with Crippen LogP contribution in [0.4, 0.5) is 5.69 Å². The van der Waals surface area contributed by atoms with Gasteiger partial charge in [-0.25, -0.2) is 0 Å². The van der Waals surface area contributed by atoms with Crippen molar-refractivity contribution in [1.82, 2.24) is 4.90 Å². The van der Waals surface area contributed by atoms with Gasteiger partial charge in [-0.1, -0.05) is 57.5 Å². The average Bonchev–Trinajstić information content (AvgIpc) is 3.01. The zero-order chi connectivity index (χ0) is 20.8. The third kappa shape index (κ3) is 3.61. The van der Waals surface area contributed by atoms with Crippen LogP contribution in [0, 0.1) is 6.92 Å². The van der Waals surface area contributed by atoms with E-state index in [1.807, 2.05) is 17.0 Å². The molecular weight excluding hydrogens is 356 g/mol. The summed E-state index contributed by atoms with van der Waals surface area (Å²) in [4.78, 5) is 18.1. The zero-order valence-electron chi connectivity index (χ0n) is 18.6. The van der Waals surface area contributed by atoms with Crippen LogP contribution in [0.5, 0.6) is 0 Å². The van der Waals surface area contributed by atoms with Crippen LogP contribution >= 0.6 is 0 Å². The van der Waals surface area contributed by atoms with Crippen LogP contribution in [-0.4, -0.2) is 37.0 Å². The average molecular weight is 391 g/mol. The van der Waals surface area contributed by atoms with Gasteiger partial charge in [0.2, 0.25) is 0 Å². The molecule has 2 aromatic carbocycles. The number of hydrogen-bond acceptors (Lipinski definition) is 2. The summed E-state index contributed by atoms with van der Waals surface area (Å²) >= 11 is 0. The lowest BCUT2D eigenvalue weighted by Crippen LogP contribution is -2.46. The number of anilines is 1. The summed E-state index contributed by atoms with van der Waals surface area (Å²) < 4.78 is 0. The van der Waals surface area contributed by atoms with Gasteiger partial charge in [0.15, 0.2) is 0 Å². The van der Waals surface area contributed by atoms with Crippen molar-refractivity contribution in [1.29, 1.82) is 0 Å². The van der Waals surface area contributed by atoms with E-state index in [1.165, 1.54) is 16.7 Å². The number of rotatable bonds is 2. The highest BCUT2D eigenvalue weighted by atomic mass is 16.2. The predicted octanol–water partition coefficient (Wildman–Crippen LogP) is 5.31. The Kier molecular flexibility index (Phi) is 5.06. The molecule has 2 aromatic rings. The molecule has 2 heterocycles. The summed E-state index contributed by atoms with van der Waals surface area (Å²) in [5, 5.41) is 0. The second-order valence-electron chi connectivity index (χ2n) is 9.95. The van der Waals surface area contributed by atoms with E-state index in [-0.39, 0.29) is 16.7 Å². The summed E-state index contributed by atoms with van der Waals surface area (Å²) in [5.74, 6) is 0.130. The van der Waals surface area contributed by atoms with E-state index in [0.29, 0.717) is 0 Å². The molecule has 3 heteroatoms. The summed E-state index contributed by atoms with van der Waals surface area (Å²) in [7, 11) is 0. The number of amides is 1. The Morgan fingerprint density at radius 1 is 1.03 bits per heavy atom. The highest BCUT2D eigenvalue weighted by Gasteiger charge is 2.46. The first-order chi connectivity index (χ1) is 13.7. The molecule has 2 aliphatic heterocycles. The lowest BCUT2D eigenvalue weighted by Gasteiger charge is -2.39. The van der Waals surface area contributed by atoms with Crippen LogP contribution in [0.2, 0.25) is 0 Å². The van der Waals surface area contributed by atoms with Gasteiger partial charge in [0.25, 0.3) is 5.91 Å². The monoisotopic (exact) mass is 390 g/mol. The van der Waals surface area contributed by atoms with Gasteiger partial charge < -0.3 is 9.80 Å². The van der Waals surface area contributed by atoms with Crippen LogP contribution in [0.3, 0.4) is 0 Å². The third-order valence-electron chi connectivity index (χ3n) is 6.98. The van der Waals surface area contributed by atoms with Crippen LogP contribution in [0.15, 0.2) is 42.5 Å². The molecule has 0 N–H and O–H groups in total. The smallest absolute Gasteiger partial charge is 0.258 e. The highest BCUT2D eigenvalue weighted by Crippen LogP contribution is 2.47. The Morgan fingerprint density at radius 3 is 2.28 bits per heavy atom. The van der Waals surface area contributed by atoms with Crippen molar-refractivity contribution in [2.75, 3.05) is 31.1 Å². The van der Waals surface area contributed by atoms with Crippen LogP contribution in [-0.2, 0) is 10.8 Å². The molecule has 1 amide bonds. The highest BCUT2D eigenvalue weighted by molar-refractivity contribution is 6.07. The quantitative estimate of drug-likeness (QED) is 0.694. The SMILES string of the molecule is CCN1CCC2(CC1)CN(C(=O)c1ccc(C(C)(C)C)cc1)c1ccc(C)cc12. The molecular formula is C26H34N2O. The van der Waals surface area contributed by atoms with E-state index in [4.69, 9.17) is 0 Å². The van der Waals surface area contributed by atoms with E-state index < -0.39 is 0 Å². The molecule has 4 rings (SSSR count). The number of likely N-dealkylation sites (tertiary alicyclic amines) is 1. The fourth-order valence-electron chi connectivity index (χ4n) is 4.96. The Labute approximate surface area is 175 Å². The van der Waals surface area contributed by atoms with Crippen LogP contribution < -0.4 is 4.90 Å². The van der Waals surface area contributed by atoms with Gasteiger partial charge in [0.1, 0.15) is 0 Å². The summed E-state index contributed by atoms with van der Waals surface area (Å²) in [5.41, 5.74) is 6.02. The maximum absolute atomic E-state index is 13.5.